The first-order valence-corrected chi connectivity index (χ1v) is 9.44. The predicted octanol–water partition coefficient (Wildman–Crippen LogP) is 2.90. The van der Waals surface area contributed by atoms with Gasteiger partial charge in [-0.25, -0.2) is 0 Å². The third-order valence-corrected chi connectivity index (χ3v) is 3.91. The molecular weight excluding hydrogens is 372 g/mol. The second-order valence-electron chi connectivity index (χ2n) is 6.07. The summed E-state index contributed by atoms with van der Waals surface area (Å²) >= 11 is 0. The van der Waals surface area contributed by atoms with Gasteiger partial charge in [-0.3, -0.25) is 10.8 Å². The zero-order valence-corrected chi connectivity index (χ0v) is 16.8. The highest BCUT2D eigenvalue weighted by atomic mass is 16.5. The number of amidine groups is 2. The molecule has 0 aliphatic heterocycles. The molecule has 0 aromatic heterocycles. The lowest BCUT2D eigenvalue weighted by Crippen LogP contribution is -2.12. The zero-order valence-electron chi connectivity index (χ0n) is 16.8. The molecule has 0 saturated carbocycles. The van der Waals surface area contributed by atoms with E-state index in [1.807, 2.05) is 13.8 Å². The number of nitrogens with one attached hydrogen (secondary N) is 2. The second-order valence-corrected chi connectivity index (χ2v) is 6.07. The van der Waals surface area contributed by atoms with Gasteiger partial charge in [0.15, 0.2) is 23.0 Å². The third kappa shape index (κ3) is 6.31. The molecule has 2 aromatic rings. The molecule has 0 fully saturated rings. The summed E-state index contributed by atoms with van der Waals surface area (Å²) in [6.07, 6.45) is 0.639. The molecule has 0 bridgehead atoms. The van der Waals surface area contributed by atoms with Crippen LogP contribution in [0.15, 0.2) is 36.4 Å². The van der Waals surface area contributed by atoms with Gasteiger partial charge in [0.2, 0.25) is 0 Å². The van der Waals surface area contributed by atoms with Crippen molar-refractivity contribution in [3.63, 3.8) is 0 Å². The standard InChI is InChI=1S/C21H28N4O4/c1-3-26-18-12-14(20(22)23)6-8-16(18)28-10-5-11-29-17-9-7-15(21(24)25)13-19(17)27-4-2/h6-9,12-13H,3-5,10-11H2,1-2H3,(H3,22,23)(H3,24,25). The fourth-order valence-electron chi connectivity index (χ4n) is 2.55. The number of nitrogens with two attached hydrogens (primary N) is 2. The number of ether oxygens (including phenoxy) is 4. The molecule has 0 unspecified atom stereocenters. The largest absolute Gasteiger partial charge is 0.490 e. The van der Waals surface area contributed by atoms with Gasteiger partial charge in [-0.15, -0.1) is 0 Å². The Labute approximate surface area is 170 Å². The topological polar surface area (TPSA) is 137 Å². The molecule has 8 nitrogen and oxygen atoms in total. The normalized spacial score (nSPS) is 10.3. The Morgan fingerprint density at radius 3 is 1.45 bits per heavy atom. The van der Waals surface area contributed by atoms with E-state index in [9.17, 15) is 0 Å². The molecule has 0 amide bonds. The summed E-state index contributed by atoms with van der Waals surface area (Å²) in [5.41, 5.74) is 12.2. The fraction of sp³-hybridized carbons (Fsp3) is 0.333. The maximum atomic E-state index is 7.53. The SMILES string of the molecule is CCOc1cc(C(=N)N)ccc1OCCCOc1ccc(C(=N)N)cc1OCC. The quantitative estimate of drug-likeness (QED) is 0.246. The van der Waals surface area contributed by atoms with Crippen LogP contribution < -0.4 is 30.4 Å². The predicted molar refractivity (Wildman–Crippen MR) is 113 cm³/mol. The van der Waals surface area contributed by atoms with Crippen LogP contribution in [0.4, 0.5) is 0 Å². The van der Waals surface area contributed by atoms with E-state index in [0.29, 0.717) is 67.0 Å². The van der Waals surface area contributed by atoms with Crippen LogP contribution in [-0.4, -0.2) is 38.1 Å². The van der Waals surface area contributed by atoms with Crippen molar-refractivity contribution in [3.8, 4) is 23.0 Å². The van der Waals surface area contributed by atoms with Crippen molar-refractivity contribution < 1.29 is 18.9 Å². The van der Waals surface area contributed by atoms with E-state index < -0.39 is 0 Å². The Hall–Kier alpha value is -3.42. The molecule has 2 aromatic carbocycles. The average molecular weight is 400 g/mol. The first-order chi connectivity index (χ1) is 14.0. The lowest BCUT2D eigenvalue weighted by Gasteiger charge is -2.15. The summed E-state index contributed by atoms with van der Waals surface area (Å²) in [5.74, 6) is 2.26. The molecule has 0 spiro atoms. The molecule has 6 N–H and O–H groups in total. The summed E-state index contributed by atoms with van der Waals surface area (Å²) < 4.78 is 22.7. The molecule has 0 saturated heterocycles. The first kappa shape index (κ1) is 21.9. The highest BCUT2D eigenvalue weighted by molar-refractivity contribution is 5.96. The van der Waals surface area contributed by atoms with Crippen LogP contribution in [0.2, 0.25) is 0 Å². The van der Waals surface area contributed by atoms with E-state index in [0.717, 1.165) is 0 Å². The minimum absolute atomic E-state index is 0.0215. The number of hydrogen-bond donors (Lipinski definition) is 4. The molecule has 2 rings (SSSR count). The van der Waals surface area contributed by atoms with Crippen molar-refractivity contribution in [2.24, 2.45) is 11.5 Å². The van der Waals surface area contributed by atoms with Crippen LogP contribution in [0.25, 0.3) is 0 Å². The number of rotatable bonds is 12. The van der Waals surface area contributed by atoms with Crippen molar-refractivity contribution in [3.05, 3.63) is 47.5 Å². The van der Waals surface area contributed by atoms with Crippen LogP contribution in [0.3, 0.4) is 0 Å². The Balaban J connectivity index is 1.91. The molecule has 0 aliphatic carbocycles. The number of benzene rings is 2. The third-order valence-electron chi connectivity index (χ3n) is 3.91. The van der Waals surface area contributed by atoms with Crippen LogP contribution in [0.5, 0.6) is 23.0 Å². The van der Waals surface area contributed by atoms with Crippen molar-refractivity contribution >= 4 is 11.7 Å². The zero-order chi connectivity index (χ0) is 21.2. The van der Waals surface area contributed by atoms with E-state index in [2.05, 4.69) is 0 Å². The number of nitrogen functional groups attached to an aromatic ring is 2. The minimum Gasteiger partial charge on any atom is -0.490 e. The van der Waals surface area contributed by atoms with E-state index in [1.165, 1.54) is 0 Å². The monoisotopic (exact) mass is 400 g/mol. The highest BCUT2D eigenvalue weighted by Crippen LogP contribution is 2.30. The van der Waals surface area contributed by atoms with Gasteiger partial charge in [0.25, 0.3) is 0 Å². The first-order valence-electron chi connectivity index (χ1n) is 9.44. The Morgan fingerprint density at radius 2 is 1.10 bits per heavy atom. The highest BCUT2D eigenvalue weighted by Gasteiger charge is 2.10. The molecule has 156 valence electrons. The van der Waals surface area contributed by atoms with Gasteiger partial charge in [-0.1, -0.05) is 0 Å². The number of hydrogen-bond acceptors (Lipinski definition) is 6. The van der Waals surface area contributed by atoms with Crippen LogP contribution in [0, 0.1) is 10.8 Å². The molecule has 29 heavy (non-hydrogen) atoms. The summed E-state index contributed by atoms with van der Waals surface area (Å²) in [4.78, 5) is 0. The van der Waals surface area contributed by atoms with Gasteiger partial charge >= 0.3 is 0 Å². The van der Waals surface area contributed by atoms with Crippen molar-refractivity contribution in [1.29, 1.82) is 10.8 Å². The van der Waals surface area contributed by atoms with Gasteiger partial charge < -0.3 is 30.4 Å². The Morgan fingerprint density at radius 1 is 0.690 bits per heavy atom. The van der Waals surface area contributed by atoms with Gasteiger partial charge in [0, 0.05) is 17.5 Å². The van der Waals surface area contributed by atoms with E-state index in [4.69, 9.17) is 41.2 Å². The van der Waals surface area contributed by atoms with Crippen molar-refractivity contribution in [2.45, 2.75) is 20.3 Å². The van der Waals surface area contributed by atoms with E-state index in [1.54, 1.807) is 36.4 Å². The van der Waals surface area contributed by atoms with Gasteiger partial charge in [0.05, 0.1) is 26.4 Å². The second kappa shape index (κ2) is 10.8. The average Bonchev–Trinajstić information content (AvgIpc) is 2.69. The minimum atomic E-state index is -0.0215. The van der Waals surface area contributed by atoms with E-state index in [-0.39, 0.29) is 11.7 Å². The molecule has 0 radical (unpaired) electrons. The molecule has 0 aliphatic rings. The summed E-state index contributed by atoms with van der Waals surface area (Å²) in [6.45, 7) is 5.58. The van der Waals surface area contributed by atoms with Crippen molar-refractivity contribution in [2.75, 3.05) is 26.4 Å². The Kier molecular flexibility index (Phi) is 8.14. The Bertz CT molecular complexity index is 785. The van der Waals surface area contributed by atoms with E-state index >= 15 is 0 Å². The van der Waals surface area contributed by atoms with Crippen LogP contribution in [0.1, 0.15) is 31.4 Å². The lowest BCUT2D eigenvalue weighted by molar-refractivity contribution is 0.228. The van der Waals surface area contributed by atoms with Crippen LogP contribution >= 0.6 is 0 Å². The van der Waals surface area contributed by atoms with Crippen molar-refractivity contribution in [1.82, 2.24) is 0 Å². The van der Waals surface area contributed by atoms with Crippen LogP contribution in [-0.2, 0) is 0 Å². The smallest absolute Gasteiger partial charge is 0.161 e. The lowest BCUT2D eigenvalue weighted by atomic mass is 10.2. The maximum Gasteiger partial charge on any atom is 0.161 e. The van der Waals surface area contributed by atoms with Gasteiger partial charge in [-0.2, -0.15) is 0 Å². The van der Waals surface area contributed by atoms with Gasteiger partial charge in [0.1, 0.15) is 11.7 Å². The summed E-state index contributed by atoms with van der Waals surface area (Å²) in [5, 5.41) is 15.1. The molecule has 0 heterocycles. The van der Waals surface area contributed by atoms with Gasteiger partial charge in [-0.05, 0) is 50.2 Å². The molecule has 0 atom stereocenters. The summed E-state index contributed by atoms with van der Waals surface area (Å²) in [6, 6.07) is 10.3. The molecular formula is C21H28N4O4. The summed E-state index contributed by atoms with van der Waals surface area (Å²) in [7, 11) is 0. The maximum absolute atomic E-state index is 7.53. The fourth-order valence-corrected chi connectivity index (χ4v) is 2.55. The molecule has 8 heteroatoms.